The van der Waals surface area contributed by atoms with Gasteiger partial charge in [0, 0.05) is 0 Å². The van der Waals surface area contributed by atoms with Crippen molar-refractivity contribution in [2.75, 3.05) is 0 Å². The maximum absolute atomic E-state index is 7.10. The molecule has 20 valence electrons. The maximum atomic E-state index is 7.10. The number of nitrogens with zero attached hydrogens (tertiary/aromatic N) is 1. The van der Waals surface area contributed by atoms with Crippen LogP contribution in [0.5, 0.6) is 0 Å². The molecule has 0 amide bonds. The van der Waals surface area contributed by atoms with E-state index in [4.69, 9.17) is 5.26 Å². The molecule has 0 aromatic heterocycles. The normalized spacial score (nSPS) is 1.40. The van der Waals surface area contributed by atoms with Crippen molar-refractivity contribution in [2.24, 2.45) is 5.73 Å². The zero-order chi connectivity index (χ0) is 2.71. The van der Waals surface area contributed by atoms with Crippen LogP contribution >= 0.6 is 0 Å². The molecule has 2 N–H and O–H groups in total. The topological polar surface area (TPSA) is 49.8 Å². The summed E-state index contributed by atoms with van der Waals surface area (Å²) in [5.41, 5.74) is 4.15. The Bertz CT molecular complexity index is 35.2. The van der Waals surface area contributed by atoms with E-state index >= 15 is 0 Å². The number of hydrogen-bond acceptors (Lipinski definition) is 2. The van der Waals surface area contributed by atoms with E-state index in [1.54, 1.807) is 0 Å². The average Bonchev–Trinajstić information content (AvgIpc) is 0.918. The largest absolute Gasteiger partial charge is 1.00 e. The molecule has 0 aliphatic heterocycles. The van der Waals surface area contributed by atoms with Crippen LogP contribution in [0.1, 0.15) is 2.85 Å². The molecule has 0 aliphatic carbocycles. The second kappa shape index (κ2) is 16.0. The van der Waals surface area contributed by atoms with Gasteiger partial charge in [0.2, 0.25) is 0 Å². The number of nitriles is 1. The van der Waals surface area contributed by atoms with E-state index in [2.05, 4.69) is 5.73 Å². The number of hydrogen-bond donors (Lipinski definition) is 1. The van der Waals surface area contributed by atoms with Crippen molar-refractivity contribution in [1.82, 2.24) is 0 Å². The van der Waals surface area contributed by atoms with Gasteiger partial charge in [-0.15, -0.1) is 0 Å². The van der Waals surface area contributed by atoms with Gasteiger partial charge in [0.05, 0.1) is 0 Å². The SMILES string of the molecule is N#CN.[H-].[H-].[K+].[K+]. The van der Waals surface area contributed by atoms with Crippen molar-refractivity contribution in [3.05, 3.63) is 0 Å². The predicted octanol–water partition coefficient (Wildman–Crippen LogP) is -6.34. The molecule has 0 aliphatic rings. The third-order valence-corrected chi connectivity index (χ3v) is 0. The summed E-state index contributed by atoms with van der Waals surface area (Å²) in [6, 6.07) is 0. The molecule has 0 unspecified atom stereocenters. The van der Waals surface area contributed by atoms with Crippen LogP contribution in [0, 0.1) is 11.5 Å². The van der Waals surface area contributed by atoms with Crippen LogP contribution in [0.2, 0.25) is 0 Å². The van der Waals surface area contributed by atoms with E-state index in [1.165, 1.54) is 6.19 Å². The van der Waals surface area contributed by atoms with E-state index in [1.807, 2.05) is 0 Å². The van der Waals surface area contributed by atoms with Gasteiger partial charge in [0.15, 0.2) is 6.19 Å². The summed E-state index contributed by atoms with van der Waals surface area (Å²) in [7, 11) is 0. The van der Waals surface area contributed by atoms with Gasteiger partial charge in [-0.25, -0.2) is 0 Å². The average molecular weight is 122 g/mol. The summed E-state index contributed by atoms with van der Waals surface area (Å²) in [4.78, 5) is 0. The van der Waals surface area contributed by atoms with Crippen molar-refractivity contribution in [3.8, 4) is 6.19 Å². The first-order valence-electron chi connectivity index (χ1n) is 0.512. The summed E-state index contributed by atoms with van der Waals surface area (Å²) in [6.07, 6.45) is 1.25. The van der Waals surface area contributed by atoms with Gasteiger partial charge in [0.25, 0.3) is 0 Å². The van der Waals surface area contributed by atoms with Crippen molar-refractivity contribution < 1.29 is 106 Å². The Hall–Kier alpha value is 2.56. The third kappa shape index (κ3) is 20.8. The smallest absolute Gasteiger partial charge is 1.00 e. The van der Waals surface area contributed by atoms with Gasteiger partial charge in [0.1, 0.15) is 0 Å². The van der Waals surface area contributed by atoms with Gasteiger partial charge in [-0.3, -0.25) is 0 Å². The van der Waals surface area contributed by atoms with Crippen LogP contribution in [-0.4, -0.2) is 0 Å². The fraction of sp³-hybridized carbons (Fsp3) is 0. The minimum Gasteiger partial charge on any atom is -1.00 e. The maximum Gasteiger partial charge on any atom is 1.00 e. The Labute approximate surface area is 119 Å². The Balaban J connectivity index is -0.00000000333. The van der Waals surface area contributed by atoms with E-state index in [9.17, 15) is 0 Å². The quantitative estimate of drug-likeness (QED) is 0.197. The van der Waals surface area contributed by atoms with Crippen molar-refractivity contribution in [2.45, 2.75) is 0 Å². The fourth-order valence-electron chi connectivity index (χ4n) is 0. The molecule has 0 aromatic carbocycles. The van der Waals surface area contributed by atoms with Gasteiger partial charge in [-0.05, 0) is 0 Å². The van der Waals surface area contributed by atoms with Crippen LogP contribution in [0.4, 0.5) is 0 Å². The molecule has 2 nitrogen and oxygen atoms in total. The second-order valence-electron chi connectivity index (χ2n) is 0.129. The Kier molecular flexibility index (Phi) is 50.1. The minimum absolute atomic E-state index is 0. The molecule has 4 heteroatoms. The zero-order valence-electron chi connectivity index (χ0n) is 5.52. The van der Waals surface area contributed by atoms with E-state index in [0.717, 1.165) is 0 Å². The molecule has 0 heterocycles. The first kappa shape index (κ1) is 15.6. The molecular formula is CH4K2N2. The summed E-state index contributed by atoms with van der Waals surface area (Å²) in [6.45, 7) is 0. The Morgan fingerprint density at radius 2 is 1.60 bits per heavy atom. The van der Waals surface area contributed by atoms with Crippen molar-refractivity contribution in [3.63, 3.8) is 0 Å². The van der Waals surface area contributed by atoms with E-state index < -0.39 is 0 Å². The predicted molar refractivity (Wildman–Crippen MR) is 12.0 cm³/mol. The van der Waals surface area contributed by atoms with Crippen LogP contribution < -0.4 is 109 Å². The van der Waals surface area contributed by atoms with Crippen LogP contribution in [0.3, 0.4) is 0 Å². The van der Waals surface area contributed by atoms with Gasteiger partial charge in [-0.1, -0.05) is 0 Å². The fourth-order valence-corrected chi connectivity index (χ4v) is 0. The van der Waals surface area contributed by atoms with Crippen molar-refractivity contribution >= 4 is 0 Å². The summed E-state index contributed by atoms with van der Waals surface area (Å²) in [5, 5.41) is 7.10. The van der Waals surface area contributed by atoms with Crippen LogP contribution in [-0.2, 0) is 0 Å². The first-order valence-corrected chi connectivity index (χ1v) is 0.512. The minimum atomic E-state index is 0. The monoisotopic (exact) mass is 122 g/mol. The summed E-state index contributed by atoms with van der Waals surface area (Å²) in [5.74, 6) is 0. The zero-order valence-corrected chi connectivity index (χ0v) is 9.77. The van der Waals surface area contributed by atoms with Crippen LogP contribution in [0.15, 0.2) is 0 Å². The molecule has 0 aromatic rings. The molecule has 5 heavy (non-hydrogen) atoms. The molecule has 0 rings (SSSR count). The molecule has 0 spiro atoms. The Morgan fingerprint density at radius 3 is 1.60 bits per heavy atom. The van der Waals surface area contributed by atoms with E-state index in [0.29, 0.717) is 0 Å². The number of rotatable bonds is 0. The Morgan fingerprint density at radius 1 is 1.60 bits per heavy atom. The molecule has 0 saturated carbocycles. The molecule has 0 radical (unpaired) electrons. The first-order chi connectivity index (χ1) is 1.41. The van der Waals surface area contributed by atoms with E-state index in [-0.39, 0.29) is 106 Å². The van der Waals surface area contributed by atoms with Gasteiger partial charge < -0.3 is 8.59 Å². The number of nitrogens with two attached hydrogens (primary N) is 1. The molecule has 0 saturated heterocycles. The summed E-state index contributed by atoms with van der Waals surface area (Å²) < 4.78 is 0. The molecule has 0 atom stereocenters. The van der Waals surface area contributed by atoms with Crippen LogP contribution in [0.25, 0.3) is 0 Å². The van der Waals surface area contributed by atoms with Crippen molar-refractivity contribution in [1.29, 1.82) is 5.26 Å². The second-order valence-corrected chi connectivity index (χ2v) is 0.129. The molecule has 0 fully saturated rings. The standard InChI is InChI=1S/CH2N2.2K.2H/c2-1-3;;;;/h2H2;;;;/q;2*+1;2*-1. The molecular weight excluding hydrogens is 118 g/mol. The van der Waals surface area contributed by atoms with Gasteiger partial charge in [-0.2, -0.15) is 5.26 Å². The third-order valence-electron chi connectivity index (χ3n) is 0. The molecule has 0 bridgehead atoms. The summed E-state index contributed by atoms with van der Waals surface area (Å²) >= 11 is 0. The van der Waals surface area contributed by atoms with Gasteiger partial charge >= 0.3 is 103 Å².